The molecule has 4 heteroatoms. The van der Waals surface area contributed by atoms with Gasteiger partial charge in [-0.15, -0.1) is 0 Å². The van der Waals surface area contributed by atoms with E-state index in [1.54, 1.807) is 6.07 Å². The van der Waals surface area contributed by atoms with Gasteiger partial charge in [-0.2, -0.15) is 0 Å². The van der Waals surface area contributed by atoms with Crippen LogP contribution in [0.1, 0.15) is 22.8 Å². The molecule has 0 aromatic heterocycles. The number of benzene rings is 1. The van der Waals surface area contributed by atoms with Crippen molar-refractivity contribution in [2.75, 3.05) is 7.11 Å². The number of rotatable bonds is 3. The molecule has 0 aliphatic carbocycles. The smallest absolute Gasteiger partial charge is 0.339 e. The maximum absolute atomic E-state index is 10.7. The van der Waals surface area contributed by atoms with Crippen molar-refractivity contribution in [3.8, 4) is 11.5 Å². The fraction of sp³-hybridized carbons (Fsp3) is 0.300. The fourth-order valence-electron chi connectivity index (χ4n) is 1.22. The molecule has 0 spiro atoms. The van der Waals surface area contributed by atoms with Gasteiger partial charge in [0.15, 0.2) is 0 Å². The molecule has 0 saturated heterocycles. The van der Waals surface area contributed by atoms with Gasteiger partial charge < -0.3 is 14.9 Å². The van der Waals surface area contributed by atoms with Crippen molar-refractivity contribution in [3.63, 3.8) is 0 Å². The number of phenols is 1. The summed E-state index contributed by atoms with van der Waals surface area (Å²) in [5.74, 6) is -0.894. The SMILES string of the molecule is CCc1cc(OC)cc(C(=O)O)c1O. The van der Waals surface area contributed by atoms with Crippen LogP contribution in [0.3, 0.4) is 0 Å². The van der Waals surface area contributed by atoms with Crippen molar-refractivity contribution >= 4 is 5.97 Å². The average molecular weight is 196 g/mol. The molecule has 0 saturated carbocycles. The van der Waals surface area contributed by atoms with E-state index in [9.17, 15) is 9.90 Å². The molecule has 0 bridgehead atoms. The predicted molar refractivity (Wildman–Crippen MR) is 51.0 cm³/mol. The quantitative estimate of drug-likeness (QED) is 0.771. The fourth-order valence-corrected chi connectivity index (χ4v) is 1.22. The van der Waals surface area contributed by atoms with Gasteiger partial charge >= 0.3 is 5.97 Å². The first-order chi connectivity index (χ1) is 6.60. The third-order valence-corrected chi connectivity index (χ3v) is 2.01. The molecule has 1 aromatic carbocycles. The summed E-state index contributed by atoms with van der Waals surface area (Å²) in [4.78, 5) is 10.7. The van der Waals surface area contributed by atoms with E-state index in [-0.39, 0.29) is 11.3 Å². The molecule has 76 valence electrons. The number of carboxylic acids is 1. The summed E-state index contributed by atoms with van der Waals surface area (Å²) in [5, 5.41) is 18.3. The Kier molecular flexibility index (Phi) is 2.96. The minimum atomic E-state index is -1.16. The van der Waals surface area contributed by atoms with Crippen molar-refractivity contribution in [1.82, 2.24) is 0 Å². The number of methoxy groups -OCH3 is 1. The molecule has 1 aromatic rings. The van der Waals surface area contributed by atoms with Crippen LogP contribution in [0.25, 0.3) is 0 Å². The largest absolute Gasteiger partial charge is 0.507 e. The Morgan fingerprint density at radius 3 is 2.57 bits per heavy atom. The highest BCUT2D eigenvalue weighted by Gasteiger charge is 2.14. The van der Waals surface area contributed by atoms with Gasteiger partial charge in [0.05, 0.1) is 7.11 Å². The van der Waals surface area contributed by atoms with E-state index in [2.05, 4.69) is 0 Å². The molecule has 14 heavy (non-hydrogen) atoms. The van der Waals surface area contributed by atoms with Crippen LogP contribution in [0.5, 0.6) is 11.5 Å². The summed E-state index contributed by atoms with van der Waals surface area (Å²) in [6.07, 6.45) is 0.559. The second-order valence-electron chi connectivity index (χ2n) is 2.84. The third kappa shape index (κ3) is 1.79. The summed E-state index contributed by atoms with van der Waals surface area (Å²) in [7, 11) is 1.46. The Labute approximate surface area is 81.8 Å². The van der Waals surface area contributed by atoms with E-state index < -0.39 is 5.97 Å². The topological polar surface area (TPSA) is 66.8 Å². The molecule has 0 atom stereocenters. The summed E-state index contributed by atoms with van der Waals surface area (Å²) in [6, 6.07) is 2.93. The first-order valence-corrected chi connectivity index (χ1v) is 4.23. The first kappa shape index (κ1) is 10.4. The molecule has 2 N–H and O–H groups in total. The second-order valence-corrected chi connectivity index (χ2v) is 2.84. The van der Waals surface area contributed by atoms with Crippen LogP contribution in [0.4, 0.5) is 0 Å². The van der Waals surface area contributed by atoms with Crippen LogP contribution >= 0.6 is 0 Å². The molecule has 0 radical (unpaired) electrons. The number of ether oxygens (including phenoxy) is 1. The van der Waals surface area contributed by atoms with E-state index >= 15 is 0 Å². The molecule has 4 nitrogen and oxygen atoms in total. The number of hydrogen-bond donors (Lipinski definition) is 2. The molecule has 0 amide bonds. The van der Waals surface area contributed by atoms with Crippen LogP contribution in [-0.2, 0) is 6.42 Å². The van der Waals surface area contributed by atoms with Crippen molar-refractivity contribution in [2.45, 2.75) is 13.3 Å². The molecule has 0 aliphatic heterocycles. The van der Waals surface area contributed by atoms with E-state index in [1.165, 1.54) is 13.2 Å². The second kappa shape index (κ2) is 4.00. The Balaban J connectivity index is 3.34. The van der Waals surface area contributed by atoms with Gasteiger partial charge in [0.25, 0.3) is 0 Å². The number of aryl methyl sites for hydroxylation is 1. The van der Waals surface area contributed by atoms with E-state index in [0.717, 1.165) is 0 Å². The summed E-state index contributed by atoms with van der Waals surface area (Å²) >= 11 is 0. The number of aromatic carboxylic acids is 1. The number of aromatic hydroxyl groups is 1. The van der Waals surface area contributed by atoms with E-state index in [4.69, 9.17) is 9.84 Å². The average Bonchev–Trinajstić information content (AvgIpc) is 2.17. The highest BCUT2D eigenvalue weighted by molar-refractivity contribution is 5.91. The van der Waals surface area contributed by atoms with Crippen LogP contribution in [0, 0.1) is 0 Å². The zero-order chi connectivity index (χ0) is 10.7. The maximum Gasteiger partial charge on any atom is 0.339 e. The Hall–Kier alpha value is -1.71. The van der Waals surface area contributed by atoms with E-state index in [1.807, 2.05) is 6.92 Å². The van der Waals surface area contributed by atoms with Gasteiger partial charge in [0.1, 0.15) is 17.1 Å². The molecular weight excluding hydrogens is 184 g/mol. The Morgan fingerprint density at radius 2 is 2.14 bits per heavy atom. The van der Waals surface area contributed by atoms with Gasteiger partial charge in [-0.3, -0.25) is 0 Å². The lowest BCUT2D eigenvalue weighted by atomic mass is 10.1. The number of carboxylic acid groups (broad SMARTS) is 1. The Morgan fingerprint density at radius 1 is 1.50 bits per heavy atom. The highest BCUT2D eigenvalue weighted by Crippen LogP contribution is 2.28. The Bertz CT molecular complexity index is 357. The minimum absolute atomic E-state index is 0.124. The van der Waals surface area contributed by atoms with Crippen LogP contribution in [0.2, 0.25) is 0 Å². The van der Waals surface area contributed by atoms with Crippen LogP contribution in [-0.4, -0.2) is 23.3 Å². The first-order valence-electron chi connectivity index (χ1n) is 4.23. The van der Waals surface area contributed by atoms with Crippen molar-refractivity contribution in [2.24, 2.45) is 0 Å². The molecule has 0 fully saturated rings. The van der Waals surface area contributed by atoms with Crippen LogP contribution < -0.4 is 4.74 Å². The molecule has 1 rings (SSSR count). The lowest BCUT2D eigenvalue weighted by molar-refractivity contribution is 0.0693. The van der Waals surface area contributed by atoms with Gasteiger partial charge in [-0.1, -0.05) is 6.92 Å². The third-order valence-electron chi connectivity index (χ3n) is 2.01. The molecule has 0 heterocycles. The summed E-state index contributed by atoms with van der Waals surface area (Å²) < 4.78 is 4.93. The number of hydrogen-bond acceptors (Lipinski definition) is 3. The van der Waals surface area contributed by atoms with Crippen molar-refractivity contribution < 1.29 is 19.7 Å². The van der Waals surface area contributed by atoms with E-state index in [0.29, 0.717) is 17.7 Å². The van der Waals surface area contributed by atoms with Crippen molar-refractivity contribution in [3.05, 3.63) is 23.3 Å². The lowest BCUT2D eigenvalue weighted by Gasteiger charge is -2.08. The molecule has 0 aliphatic rings. The highest BCUT2D eigenvalue weighted by atomic mass is 16.5. The van der Waals surface area contributed by atoms with Gasteiger partial charge in [-0.05, 0) is 24.1 Å². The zero-order valence-electron chi connectivity index (χ0n) is 8.07. The van der Waals surface area contributed by atoms with Crippen molar-refractivity contribution in [1.29, 1.82) is 0 Å². The molecular formula is C10H12O4. The van der Waals surface area contributed by atoms with Gasteiger partial charge in [0, 0.05) is 0 Å². The monoisotopic (exact) mass is 196 g/mol. The maximum atomic E-state index is 10.7. The minimum Gasteiger partial charge on any atom is -0.507 e. The van der Waals surface area contributed by atoms with Gasteiger partial charge in [0.2, 0.25) is 0 Å². The summed E-state index contributed by atoms with van der Waals surface area (Å²) in [5.41, 5.74) is 0.447. The standard InChI is InChI=1S/C10H12O4/c1-3-6-4-7(14-2)5-8(9(6)11)10(12)13/h4-5,11H,3H2,1-2H3,(H,12,13). The summed E-state index contributed by atoms with van der Waals surface area (Å²) in [6.45, 7) is 1.83. The molecule has 0 unspecified atom stereocenters. The number of carbonyl (C=O) groups is 1. The van der Waals surface area contributed by atoms with Gasteiger partial charge in [-0.25, -0.2) is 4.79 Å². The normalized spacial score (nSPS) is 9.86. The van der Waals surface area contributed by atoms with Crippen LogP contribution in [0.15, 0.2) is 12.1 Å². The predicted octanol–water partition coefficient (Wildman–Crippen LogP) is 1.66. The lowest BCUT2D eigenvalue weighted by Crippen LogP contribution is -2.00. The zero-order valence-corrected chi connectivity index (χ0v) is 8.07.